The van der Waals surface area contributed by atoms with Gasteiger partial charge in [0.15, 0.2) is 0 Å². The Morgan fingerprint density at radius 1 is 1.24 bits per heavy atom. The number of aromatic nitrogens is 3. The lowest BCUT2D eigenvalue weighted by Crippen LogP contribution is -2.32. The maximum atomic E-state index is 5.97. The Hall–Kier alpha value is -0.900. The third kappa shape index (κ3) is 2.51. The summed E-state index contributed by atoms with van der Waals surface area (Å²) in [5.41, 5.74) is 2.08. The normalized spacial score (nSPS) is 19.9. The number of hydrogen-bond donors (Lipinski definition) is 0. The molecule has 5 heteroatoms. The standard InChI is InChI=1S/C12H19ClN4/c1-3-10-11(4-2)15-16-12(14-10)17-7-5-6-9(17)8-13/h9H,3-8H2,1-2H3. The summed E-state index contributed by atoms with van der Waals surface area (Å²) in [6, 6.07) is 0.371. The van der Waals surface area contributed by atoms with E-state index in [1.807, 2.05) is 0 Å². The largest absolute Gasteiger partial charge is 0.335 e. The van der Waals surface area contributed by atoms with Crippen LogP contribution >= 0.6 is 11.6 Å². The summed E-state index contributed by atoms with van der Waals surface area (Å²) >= 11 is 5.97. The van der Waals surface area contributed by atoms with Gasteiger partial charge < -0.3 is 4.90 Å². The van der Waals surface area contributed by atoms with Gasteiger partial charge >= 0.3 is 0 Å². The zero-order valence-corrected chi connectivity index (χ0v) is 11.2. The lowest BCUT2D eigenvalue weighted by atomic mass is 10.2. The zero-order valence-electron chi connectivity index (χ0n) is 10.5. The van der Waals surface area contributed by atoms with Crippen LogP contribution in [0.5, 0.6) is 0 Å². The second-order valence-electron chi connectivity index (χ2n) is 4.36. The summed E-state index contributed by atoms with van der Waals surface area (Å²) < 4.78 is 0. The first-order chi connectivity index (χ1) is 8.30. The van der Waals surface area contributed by atoms with E-state index in [2.05, 4.69) is 33.9 Å². The van der Waals surface area contributed by atoms with Gasteiger partial charge in [0, 0.05) is 18.5 Å². The smallest absolute Gasteiger partial charge is 0.245 e. The highest BCUT2D eigenvalue weighted by molar-refractivity contribution is 6.18. The molecule has 17 heavy (non-hydrogen) atoms. The number of hydrogen-bond acceptors (Lipinski definition) is 4. The molecule has 0 aromatic carbocycles. The molecule has 0 N–H and O–H groups in total. The van der Waals surface area contributed by atoms with E-state index in [0.29, 0.717) is 11.9 Å². The van der Waals surface area contributed by atoms with E-state index in [9.17, 15) is 0 Å². The van der Waals surface area contributed by atoms with Crippen LogP contribution < -0.4 is 4.90 Å². The monoisotopic (exact) mass is 254 g/mol. The second-order valence-corrected chi connectivity index (χ2v) is 4.66. The topological polar surface area (TPSA) is 41.9 Å². The van der Waals surface area contributed by atoms with Crippen LogP contribution in [0.2, 0.25) is 0 Å². The van der Waals surface area contributed by atoms with E-state index in [4.69, 9.17) is 11.6 Å². The van der Waals surface area contributed by atoms with Crippen LogP contribution in [0.3, 0.4) is 0 Å². The molecular formula is C12H19ClN4. The molecule has 0 spiro atoms. The second kappa shape index (κ2) is 5.63. The van der Waals surface area contributed by atoms with Crippen molar-refractivity contribution in [2.45, 2.75) is 45.6 Å². The molecule has 0 aliphatic carbocycles. The van der Waals surface area contributed by atoms with E-state index in [1.54, 1.807) is 0 Å². The lowest BCUT2D eigenvalue weighted by molar-refractivity contribution is 0.699. The average Bonchev–Trinajstić information content (AvgIpc) is 2.86. The highest BCUT2D eigenvalue weighted by Crippen LogP contribution is 2.23. The number of alkyl halides is 1. The molecule has 4 nitrogen and oxygen atoms in total. The van der Waals surface area contributed by atoms with Crippen molar-refractivity contribution in [3.8, 4) is 0 Å². The lowest BCUT2D eigenvalue weighted by Gasteiger charge is -2.22. The van der Waals surface area contributed by atoms with Gasteiger partial charge in [-0.25, -0.2) is 4.98 Å². The van der Waals surface area contributed by atoms with Gasteiger partial charge in [0.25, 0.3) is 0 Å². The Morgan fingerprint density at radius 3 is 2.65 bits per heavy atom. The quantitative estimate of drug-likeness (QED) is 0.773. The summed E-state index contributed by atoms with van der Waals surface area (Å²) in [6.07, 6.45) is 4.09. The van der Waals surface area contributed by atoms with Crippen LogP contribution in [0, 0.1) is 0 Å². The minimum absolute atomic E-state index is 0.371. The Labute approximate surface area is 107 Å². The molecule has 1 unspecified atom stereocenters. The van der Waals surface area contributed by atoms with Crippen molar-refractivity contribution in [1.29, 1.82) is 0 Å². The van der Waals surface area contributed by atoms with Gasteiger partial charge in [0.1, 0.15) is 0 Å². The van der Waals surface area contributed by atoms with E-state index in [1.165, 1.54) is 0 Å². The number of halogens is 1. The molecule has 1 saturated heterocycles. The first-order valence-corrected chi connectivity index (χ1v) is 6.88. The summed E-state index contributed by atoms with van der Waals surface area (Å²) in [4.78, 5) is 6.83. The van der Waals surface area contributed by atoms with Crippen molar-refractivity contribution < 1.29 is 0 Å². The van der Waals surface area contributed by atoms with Gasteiger partial charge in [-0.2, -0.15) is 5.10 Å². The van der Waals surface area contributed by atoms with Crippen molar-refractivity contribution in [2.24, 2.45) is 0 Å². The summed E-state index contributed by atoms with van der Waals surface area (Å²) in [7, 11) is 0. The van der Waals surface area contributed by atoms with Gasteiger partial charge in [0.2, 0.25) is 5.95 Å². The van der Waals surface area contributed by atoms with Gasteiger partial charge in [-0.05, 0) is 25.7 Å². The first kappa shape index (κ1) is 12.6. The maximum absolute atomic E-state index is 5.97. The fraction of sp³-hybridized carbons (Fsp3) is 0.750. The first-order valence-electron chi connectivity index (χ1n) is 6.35. The van der Waals surface area contributed by atoms with Crippen molar-refractivity contribution in [1.82, 2.24) is 15.2 Å². The molecule has 0 radical (unpaired) electrons. The van der Waals surface area contributed by atoms with Crippen LogP contribution in [0.1, 0.15) is 38.1 Å². The van der Waals surface area contributed by atoms with E-state index < -0.39 is 0 Å². The molecule has 2 rings (SSSR count). The van der Waals surface area contributed by atoms with E-state index in [0.717, 1.165) is 49.6 Å². The third-order valence-corrected chi connectivity index (χ3v) is 3.67. The highest BCUT2D eigenvalue weighted by atomic mass is 35.5. The minimum atomic E-state index is 0.371. The Balaban J connectivity index is 2.26. The van der Waals surface area contributed by atoms with Crippen LogP contribution in [0.25, 0.3) is 0 Å². The predicted molar refractivity (Wildman–Crippen MR) is 69.7 cm³/mol. The summed E-state index contributed by atoms with van der Waals surface area (Å²) in [5, 5.41) is 8.53. The third-order valence-electron chi connectivity index (χ3n) is 3.31. The molecule has 0 saturated carbocycles. The van der Waals surface area contributed by atoms with Gasteiger partial charge in [0.05, 0.1) is 11.4 Å². The fourth-order valence-corrected chi connectivity index (χ4v) is 2.63. The molecule has 1 fully saturated rings. The Morgan fingerprint density at radius 2 is 2.00 bits per heavy atom. The average molecular weight is 255 g/mol. The van der Waals surface area contributed by atoms with Crippen molar-refractivity contribution >= 4 is 17.5 Å². The molecule has 1 aromatic rings. The number of aryl methyl sites for hydroxylation is 2. The van der Waals surface area contributed by atoms with Crippen molar-refractivity contribution in [3.63, 3.8) is 0 Å². The fourth-order valence-electron chi connectivity index (χ4n) is 2.31. The summed E-state index contributed by atoms with van der Waals surface area (Å²) in [6.45, 7) is 5.19. The van der Waals surface area contributed by atoms with Crippen molar-refractivity contribution in [3.05, 3.63) is 11.4 Å². The highest BCUT2D eigenvalue weighted by Gasteiger charge is 2.26. The maximum Gasteiger partial charge on any atom is 0.245 e. The molecule has 0 bridgehead atoms. The SMILES string of the molecule is CCc1nnc(N2CCCC2CCl)nc1CC. The van der Waals surface area contributed by atoms with Crippen LogP contribution in [-0.4, -0.2) is 33.6 Å². The molecule has 1 aliphatic rings. The number of nitrogens with zero attached hydrogens (tertiary/aromatic N) is 4. The van der Waals surface area contributed by atoms with Crippen LogP contribution in [-0.2, 0) is 12.8 Å². The van der Waals surface area contributed by atoms with Gasteiger partial charge in [-0.1, -0.05) is 13.8 Å². The Kier molecular flexibility index (Phi) is 4.15. The predicted octanol–water partition coefficient (Wildman–Crippen LogP) is 2.20. The van der Waals surface area contributed by atoms with E-state index >= 15 is 0 Å². The number of rotatable bonds is 4. The number of anilines is 1. The van der Waals surface area contributed by atoms with E-state index in [-0.39, 0.29) is 0 Å². The molecule has 2 heterocycles. The molecule has 1 aromatic heterocycles. The zero-order chi connectivity index (χ0) is 12.3. The molecular weight excluding hydrogens is 236 g/mol. The van der Waals surface area contributed by atoms with Crippen LogP contribution in [0.15, 0.2) is 0 Å². The molecule has 0 amide bonds. The molecule has 1 aliphatic heterocycles. The summed E-state index contributed by atoms with van der Waals surface area (Å²) in [5.74, 6) is 1.39. The molecule has 1 atom stereocenters. The van der Waals surface area contributed by atoms with Gasteiger partial charge in [-0.15, -0.1) is 16.7 Å². The van der Waals surface area contributed by atoms with Crippen molar-refractivity contribution in [2.75, 3.05) is 17.3 Å². The minimum Gasteiger partial charge on any atom is -0.335 e. The molecule has 94 valence electrons. The Bertz CT molecular complexity index is 383. The van der Waals surface area contributed by atoms with Crippen LogP contribution in [0.4, 0.5) is 5.95 Å². The van der Waals surface area contributed by atoms with Gasteiger partial charge in [-0.3, -0.25) is 0 Å².